The van der Waals surface area contributed by atoms with Crippen molar-refractivity contribution in [3.63, 3.8) is 0 Å². The van der Waals surface area contributed by atoms with E-state index in [1.165, 1.54) is 5.56 Å². The van der Waals surface area contributed by atoms with Crippen LogP contribution in [0.2, 0.25) is 0 Å². The first-order valence-electron chi connectivity index (χ1n) is 9.75. The SMILES string of the molecule is CCNC(=NCC(C)(C)c1ccccc1)N1CCC(CC(=O)NC)CC1.I. The van der Waals surface area contributed by atoms with Crippen LogP contribution in [0.5, 0.6) is 0 Å². The minimum Gasteiger partial charge on any atom is -0.359 e. The van der Waals surface area contributed by atoms with Crippen molar-refractivity contribution in [2.75, 3.05) is 33.2 Å². The first kappa shape index (κ1) is 23.7. The first-order valence-corrected chi connectivity index (χ1v) is 9.75. The summed E-state index contributed by atoms with van der Waals surface area (Å²) in [5, 5.41) is 6.17. The molecule has 0 atom stereocenters. The number of carbonyl (C=O) groups excluding carboxylic acids is 1. The van der Waals surface area contributed by atoms with Gasteiger partial charge in [-0.25, -0.2) is 0 Å². The lowest BCUT2D eigenvalue weighted by Crippen LogP contribution is -2.46. The summed E-state index contributed by atoms with van der Waals surface area (Å²) in [4.78, 5) is 18.9. The van der Waals surface area contributed by atoms with E-state index in [1.807, 2.05) is 0 Å². The molecule has 0 aliphatic carbocycles. The molecule has 27 heavy (non-hydrogen) atoms. The van der Waals surface area contributed by atoms with Gasteiger partial charge >= 0.3 is 0 Å². The average molecular weight is 486 g/mol. The summed E-state index contributed by atoms with van der Waals surface area (Å²) in [6, 6.07) is 10.6. The molecule has 1 fully saturated rings. The maximum Gasteiger partial charge on any atom is 0.220 e. The second kappa shape index (κ2) is 11.5. The topological polar surface area (TPSA) is 56.7 Å². The number of hydrogen-bond donors (Lipinski definition) is 2. The summed E-state index contributed by atoms with van der Waals surface area (Å²) >= 11 is 0. The number of guanidine groups is 1. The van der Waals surface area contributed by atoms with Crippen LogP contribution in [0.3, 0.4) is 0 Å². The van der Waals surface area contributed by atoms with Crippen LogP contribution in [-0.4, -0.2) is 50.0 Å². The Hall–Kier alpha value is -1.31. The molecule has 1 aromatic carbocycles. The number of aliphatic imine (C=N–C) groups is 1. The third-order valence-corrected chi connectivity index (χ3v) is 5.18. The molecule has 1 heterocycles. The molecule has 1 amide bonds. The Morgan fingerprint density at radius 1 is 1.22 bits per heavy atom. The summed E-state index contributed by atoms with van der Waals surface area (Å²) in [6.07, 6.45) is 2.72. The van der Waals surface area contributed by atoms with E-state index in [0.717, 1.165) is 45.0 Å². The van der Waals surface area contributed by atoms with Crippen LogP contribution >= 0.6 is 24.0 Å². The van der Waals surface area contributed by atoms with Crippen molar-refractivity contribution >= 4 is 35.8 Å². The number of likely N-dealkylation sites (tertiary alicyclic amines) is 1. The summed E-state index contributed by atoms with van der Waals surface area (Å²) in [6.45, 7) is 10.1. The normalized spacial score (nSPS) is 15.9. The van der Waals surface area contributed by atoms with Gasteiger partial charge in [-0.1, -0.05) is 44.2 Å². The fourth-order valence-electron chi connectivity index (χ4n) is 3.39. The molecule has 152 valence electrons. The lowest BCUT2D eigenvalue weighted by molar-refractivity contribution is -0.121. The number of halogens is 1. The van der Waals surface area contributed by atoms with E-state index in [1.54, 1.807) is 7.05 Å². The number of nitrogens with one attached hydrogen (secondary N) is 2. The van der Waals surface area contributed by atoms with Gasteiger partial charge in [0.2, 0.25) is 5.91 Å². The zero-order valence-electron chi connectivity index (χ0n) is 17.1. The third-order valence-electron chi connectivity index (χ3n) is 5.18. The number of rotatable bonds is 6. The van der Waals surface area contributed by atoms with Crippen molar-refractivity contribution in [2.24, 2.45) is 10.9 Å². The lowest BCUT2D eigenvalue weighted by atomic mass is 9.85. The molecule has 0 spiro atoms. The summed E-state index contributed by atoms with van der Waals surface area (Å²) in [7, 11) is 1.71. The van der Waals surface area contributed by atoms with E-state index in [-0.39, 0.29) is 35.3 Å². The van der Waals surface area contributed by atoms with Gasteiger partial charge in [0.1, 0.15) is 0 Å². The summed E-state index contributed by atoms with van der Waals surface area (Å²) < 4.78 is 0. The van der Waals surface area contributed by atoms with Gasteiger partial charge in [-0.15, -0.1) is 24.0 Å². The van der Waals surface area contributed by atoms with Gasteiger partial charge in [-0.05, 0) is 31.2 Å². The fraction of sp³-hybridized carbons (Fsp3) is 0.619. The van der Waals surface area contributed by atoms with Crippen LogP contribution < -0.4 is 10.6 Å². The van der Waals surface area contributed by atoms with Crippen molar-refractivity contribution in [2.45, 2.75) is 45.4 Å². The second-order valence-corrected chi connectivity index (χ2v) is 7.73. The Kier molecular flexibility index (Phi) is 10.1. The van der Waals surface area contributed by atoms with E-state index >= 15 is 0 Å². The highest BCUT2D eigenvalue weighted by Crippen LogP contribution is 2.24. The first-order chi connectivity index (χ1) is 12.5. The Morgan fingerprint density at radius 3 is 2.41 bits per heavy atom. The quantitative estimate of drug-likeness (QED) is 0.368. The molecular weight excluding hydrogens is 451 g/mol. The number of carbonyl (C=O) groups is 1. The molecule has 5 nitrogen and oxygen atoms in total. The van der Waals surface area contributed by atoms with Crippen LogP contribution in [0.25, 0.3) is 0 Å². The molecule has 6 heteroatoms. The lowest BCUT2D eigenvalue weighted by Gasteiger charge is -2.34. The fourth-order valence-corrected chi connectivity index (χ4v) is 3.39. The maximum atomic E-state index is 11.6. The van der Waals surface area contributed by atoms with Crippen LogP contribution in [-0.2, 0) is 10.2 Å². The van der Waals surface area contributed by atoms with Gasteiger partial charge in [0.05, 0.1) is 6.54 Å². The zero-order chi connectivity index (χ0) is 19.0. The molecule has 1 aliphatic rings. The van der Waals surface area contributed by atoms with Crippen LogP contribution in [0.1, 0.15) is 45.6 Å². The van der Waals surface area contributed by atoms with E-state index in [9.17, 15) is 4.79 Å². The smallest absolute Gasteiger partial charge is 0.220 e. The van der Waals surface area contributed by atoms with Crippen LogP contribution in [0.4, 0.5) is 0 Å². The number of benzene rings is 1. The zero-order valence-corrected chi connectivity index (χ0v) is 19.5. The van der Waals surface area contributed by atoms with Crippen LogP contribution in [0, 0.1) is 5.92 Å². The predicted molar refractivity (Wildman–Crippen MR) is 124 cm³/mol. The summed E-state index contributed by atoms with van der Waals surface area (Å²) in [5.41, 5.74) is 1.31. The summed E-state index contributed by atoms with van der Waals surface area (Å²) in [5.74, 6) is 1.62. The molecule has 2 N–H and O–H groups in total. The van der Waals surface area contributed by atoms with E-state index in [0.29, 0.717) is 12.3 Å². The van der Waals surface area contributed by atoms with Gasteiger partial charge < -0.3 is 15.5 Å². The van der Waals surface area contributed by atoms with Crippen molar-refractivity contribution in [1.29, 1.82) is 0 Å². The molecule has 1 aliphatic heterocycles. The Morgan fingerprint density at radius 2 is 1.85 bits per heavy atom. The molecular formula is C21H35IN4O. The third kappa shape index (κ3) is 7.31. The van der Waals surface area contributed by atoms with Gasteiger partial charge in [0, 0.05) is 38.5 Å². The maximum absolute atomic E-state index is 11.6. The van der Waals surface area contributed by atoms with Crippen molar-refractivity contribution < 1.29 is 4.79 Å². The molecule has 2 rings (SSSR count). The Bertz CT molecular complexity index is 595. The van der Waals surface area contributed by atoms with E-state index < -0.39 is 0 Å². The second-order valence-electron chi connectivity index (χ2n) is 7.73. The number of nitrogens with zero attached hydrogens (tertiary/aromatic N) is 2. The van der Waals surface area contributed by atoms with E-state index in [2.05, 4.69) is 66.6 Å². The molecule has 0 aromatic heterocycles. The molecule has 0 bridgehead atoms. The van der Waals surface area contributed by atoms with Crippen LogP contribution in [0.15, 0.2) is 35.3 Å². The molecule has 1 saturated heterocycles. The standard InChI is InChI=1S/C21H34N4O.HI/c1-5-23-20(24-16-21(2,3)18-9-7-6-8-10-18)25-13-11-17(12-14-25)15-19(26)22-4;/h6-10,17H,5,11-16H2,1-4H3,(H,22,26)(H,23,24);1H. The largest absolute Gasteiger partial charge is 0.359 e. The van der Waals surface area contributed by atoms with Gasteiger partial charge in [0.25, 0.3) is 0 Å². The average Bonchev–Trinajstić information content (AvgIpc) is 2.66. The van der Waals surface area contributed by atoms with Crippen molar-refractivity contribution in [1.82, 2.24) is 15.5 Å². The number of hydrogen-bond acceptors (Lipinski definition) is 2. The highest BCUT2D eigenvalue weighted by molar-refractivity contribution is 14.0. The highest BCUT2D eigenvalue weighted by Gasteiger charge is 2.24. The predicted octanol–water partition coefficient (Wildman–Crippen LogP) is 3.40. The number of piperidine rings is 1. The van der Waals surface area contributed by atoms with Crippen molar-refractivity contribution in [3.05, 3.63) is 35.9 Å². The molecule has 0 saturated carbocycles. The van der Waals surface area contributed by atoms with E-state index in [4.69, 9.17) is 4.99 Å². The molecule has 0 unspecified atom stereocenters. The highest BCUT2D eigenvalue weighted by atomic mass is 127. The van der Waals surface area contributed by atoms with Gasteiger partial charge in [0.15, 0.2) is 5.96 Å². The minimum atomic E-state index is -0.000528. The Labute approximate surface area is 181 Å². The number of amides is 1. The van der Waals surface area contributed by atoms with Crippen molar-refractivity contribution in [3.8, 4) is 0 Å². The Balaban J connectivity index is 0.00000364. The monoisotopic (exact) mass is 486 g/mol. The van der Waals surface area contributed by atoms with Gasteiger partial charge in [-0.3, -0.25) is 9.79 Å². The molecule has 1 aromatic rings. The minimum absolute atomic E-state index is 0. The molecule has 0 radical (unpaired) electrons. The van der Waals surface area contributed by atoms with Gasteiger partial charge in [-0.2, -0.15) is 0 Å².